The fourth-order valence-electron chi connectivity index (χ4n) is 6.82. The van der Waals surface area contributed by atoms with Crippen LogP contribution in [0.25, 0.3) is 0 Å². The first-order valence-electron chi connectivity index (χ1n) is 16.3. The van der Waals surface area contributed by atoms with Crippen LogP contribution in [0.5, 0.6) is 23.1 Å². The quantitative estimate of drug-likeness (QED) is 0.274. The van der Waals surface area contributed by atoms with Gasteiger partial charge in [0.2, 0.25) is 11.8 Å². The van der Waals surface area contributed by atoms with Gasteiger partial charge >= 0.3 is 0 Å². The SMILES string of the molecule is Nc1c(Oc2ccc(F)cc2)ncn(CC2(O)CCN(C(=O)[C@@H]3CCN(C(=O)c4sc(Br)c5c4OCCO5)C[C@H]3c3ccccc3)CC2)c1=O. The molecule has 2 atom stereocenters. The third-order valence-electron chi connectivity index (χ3n) is 9.53. The first-order chi connectivity index (χ1) is 24.1. The number of piperidine rings is 2. The second-order valence-corrected chi connectivity index (χ2v) is 15.1. The maximum Gasteiger partial charge on any atom is 0.280 e. The van der Waals surface area contributed by atoms with Crippen LogP contribution < -0.4 is 25.5 Å². The minimum atomic E-state index is -1.28. The van der Waals surface area contributed by atoms with Gasteiger partial charge in [0.1, 0.15) is 39.8 Å². The Morgan fingerprint density at radius 2 is 1.74 bits per heavy atom. The van der Waals surface area contributed by atoms with Crippen molar-refractivity contribution in [3.8, 4) is 23.1 Å². The summed E-state index contributed by atoms with van der Waals surface area (Å²) in [6.07, 6.45) is 2.22. The number of hydrogen-bond donors (Lipinski definition) is 2. The maximum atomic E-state index is 14.1. The number of likely N-dealkylation sites (tertiary alicyclic amines) is 2. The van der Waals surface area contributed by atoms with Gasteiger partial charge in [-0.1, -0.05) is 30.3 Å². The lowest BCUT2D eigenvalue weighted by atomic mass is 9.79. The molecule has 3 N–H and O–H groups in total. The second-order valence-electron chi connectivity index (χ2n) is 12.7. The van der Waals surface area contributed by atoms with E-state index in [4.69, 9.17) is 19.9 Å². The summed E-state index contributed by atoms with van der Waals surface area (Å²) in [6.45, 7) is 2.08. The van der Waals surface area contributed by atoms with Crippen LogP contribution in [0.15, 0.2) is 69.5 Å². The van der Waals surface area contributed by atoms with Gasteiger partial charge in [0.25, 0.3) is 11.5 Å². The van der Waals surface area contributed by atoms with Crippen LogP contribution in [0.3, 0.4) is 0 Å². The second kappa shape index (κ2) is 14.0. The third kappa shape index (κ3) is 6.81. The Labute approximate surface area is 299 Å². The summed E-state index contributed by atoms with van der Waals surface area (Å²) in [5.41, 5.74) is 4.92. The molecule has 0 radical (unpaired) electrons. The lowest BCUT2D eigenvalue weighted by molar-refractivity contribution is -0.142. The van der Waals surface area contributed by atoms with E-state index in [1.54, 1.807) is 9.80 Å². The molecule has 2 aromatic carbocycles. The van der Waals surface area contributed by atoms with E-state index in [9.17, 15) is 23.9 Å². The van der Waals surface area contributed by atoms with Crippen LogP contribution in [0.2, 0.25) is 0 Å². The van der Waals surface area contributed by atoms with E-state index in [0.717, 1.165) is 5.56 Å². The van der Waals surface area contributed by atoms with Crippen molar-refractivity contribution < 1.29 is 33.3 Å². The first-order valence-corrected chi connectivity index (χ1v) is 17.9. The Morgan fingerprint density at radius 3 is 2.46 bits per heavy atom. The Balaban J connectivity index is 1.02. The van der Waals surface area contributed by atoms with Gasteiger partial charge < -0.3 is 34.9 Å². The smallest absolute Gasteiger partial charge is 0.280 e. The van der Waals surface area contributed by atoms with E-state index in [1.165, 1.54) is 46.5 Å². The zero-order valence-electron chi connectivity index (χ0n) is 26.9. The van der Waals surface area contributed by atoms with Crippen molar-refractivity contribution in [3.63, 3.8) is 0 Å². The third-order valence-corrected chi connectivity index (χ3v) is 11.3. The number of aromatic nitrogens is 2. The van der Waals surface area contributed by atoms with Crippen molar-refractivity contribution in [2.75, 3.05) is 45.1 Å². The van der Waals surface area contributed by atoms with Crippen LogP contribution in [0.4, 0.5) is 10.1 Å². The minimum Gasteiger partial charge on any atom is -0.484 e. The normalized spacial score (nSPS) is 20.0. The largest absolute Gasteiger partial charge is 0.484 e. The molecule has 15 heteroatoms. The van der Waals surface area contributed by atoms with Gasteiger partial charge in [-0.15, -0.1) is 11.3 Å². The Hall–Kier alpha value is -4.47. The van der Waals surface area contributed by atoms with Crippen molar-refractivity contribution in [2.24, 2.45) is 5.92 Å². The van der Waals surface area contributed by atoms with Gasteiger partial charge in [0.05, 0.1) is 12.1 Å². The molecule has 2 amide bonds. The van der Waals surface area contributed by atoms with Crippen molar-refractivity contribution in [1.29, 1.82) is 0 Å². The molecular formula is C35H35BrFN5O7S. The molecule has 12 nitrogen and oxygen atoms in total. The number of fused-ring (bicyclic) bond motifs is 1. The molecule has 3 aliphatic rings. The van der Waals surface area contributed by atoms with Gasteiger partial charge in [-0.3, -0.25) is 19.0 Å². The Morgan fingerprint density at radius 1 is 1.04 bits per heavy atom. The monoisotopic (exact) mass is 767 g/mol. The molecule has 2 fully saturated rings. The summed E-state index contributed by atoms with van der Waals surface area (Å²) in [4.78, 5) is 49.2. The zero-order valence-corrected chi connectivity index (χ0v) is 29.3. The van der Waals surface area contributed by atoms with Crippen LogP contribution in [0, 0.1) is 11.7 Å². The standard InChI is InChI=1S/C35H35BrFN5O7S/c36-30-28-27(47-16-17-48-28)29(50-30)34(45)41-13-10-24(25(18-41)21-4-2-1-3-5-21)32(43)40-14-11-35(46,12-15-40)19-42-20-39-31(26(38)33(42)44)49-23-8-6-22(37)7-9-23/h1-9,20,24-25,46H,10-19,38H2/t24-,25+/m1/s1. The number of nitrogens with two attached hydrogens (primary N) is 1. The van der Waals surface area contributed by atoms with E-state index in [0.29, 0.717) is 66.0 Å². The molecule has 0 aliphatic carbocycles. The van der Waals surface area contributed by atoms with E-state index in [-0.39, 0.29) is 60.4 Å². The van der Waals surface area contributed by atoms with Crippen molar-refractivity contribution in [1.82, 2.24) is 19.4 Å². The number of rotatable bonds is 7. The number of amides is 2. The number of aliphatic hydroxyl groups is 1. The number of hydrogen-bond acceptors (Lipinski definition) is 10. The number of nitrogen functional groups attached to an aromatic ring is 1. The van der Waals surface area contributed by atoms with Gasteiger partial charge in [-0.2, -0.15) is 0 Å². The lowest BCUT2D eigenvalue weighted by Gasteiger charge is -2.43. The fourth-order valence-corrected chi connectivity index (χ4v) is 8.49. The molecule has 0 spiro atoms. The molecule has 7 rings (SSSR count). The van der Waals surface area contributed by atoms with E-state index in [2.05, 4.69) is 20.9 Å². The summed E-state index contributed by atoms with van der Waals surface area (Å²) in [5, 5.41) is 11.5. The average molecular weight is 769 g/mol. The summed E-state index contributed by atoms with van der Waals surface area (Å²) < 4.78 is 32.3. The molecule has 50 heavy (non-hydrogen) atoms. The molecule has 0 unspecified atom stereocenters. The van der Waals surface area contributed by atoms with Gasteiger partial charge in [0, 0.05) is 38.0 Å². The summed E-state index contributed by atoms with van der Waals surface area (Å²) >= 11 is 4.79. The number of ether oxygens (including phenoxy) is 3. The Kier molecular flexibility index (Phi) is 9.55. The number of anilines is 1. The number of halogens is 2. The van der Waals surface area contributed by atoms with Crippen molar-refractivity contribution >= 4 is 44.8 Å². The summed E-state index contributed by atoms with van der Waals surface area (Å²) in [6, 6.07) is 15.0. The van der Waals surface area contributed by atoms with Crippen molar-refractivity contribution in [3.05, 3.63) is 91.3 Å². The van der Waals surface area contributed by atoms with Gasteiger partial charge in [-0.25, -0.2) is 9.37 Å². The highest BCUT2D eigenvalue weighted by molar-refractivity contribution is 9.11. The molecule has 0 bridgehead atoms. The number of carbonyl (C=O) groups is 2. The molecule has 4 aromatic rings. The average Bonchev–Trinajstić information content (AvgIpc) is 3.48. The van der Waals surface area contributed by atoms with Crippen molar-refractivity contribution in [2.45, 2.75) is 37.3 Å². The highest BCUT2D eigenvalue weighted by Crippen LogP contribution is 2.48. The number of thiophene rings is 1. The highest BCUT2D eigenvalue weighted by atomic mass is 79.9. The molecule has 3 aliphatic heterocycles. The maximum absolute atomic E-state index is 14.1. The molecular weight excluding hydrogens is 733 g/mol. The minimum absolute atomic E-state index is 0.0219. The number of nitrogens with zero attached hydrogens (tertiary/aromatic N) is 4. The first kappa shape index (κ1) is 34.0. The molecule has 262 valence electrons. The molecule has 2 saturated heterocycles. The molecule has 2 aromatic heterocycles. The predicted molar refractivity (Wildman–Crippen MR) is 186 cm³/mol. The molecule has 5 heterocycles. The summed E-state index contributed by atoms with van der Waals surface area (Å²) in [7, 11) is 0. The van der Waals surface area contributed by atoms with Crippen LogP contribution in [0.1, 0.15) is 40.4 Å². The topological polar surface area (TPSA) is 149 Å². The number of benzene rings is 2. The van der Waals surface area contributed by atoms with E-state index < -0.39 is 17.0 Å². The summed E-state index contributed by atoms with van der Waals surface area (Å²) in [5.74, 6) is -0.0429. The van der Waals surface area contributed by atoms with Gasteiger partial charge in [-0.05, 0) is 65.0 Å². The van der Waals surface area contributed by atoms with Gasteiger partial charge in [0.15, 0.2) is 17.2 Å². The lowest BCUT2D eigenvalue weighted by Crippen LogP contribution is -2.53. The van der Waals surface area contributed by atoms with Crippen LogP contribution in [-0.2, 0) is 11.3 Å². The number of carbonyl (C=O) groups excluding carboxylic acids is 2. The van der Waals surface area contributed by atoms with E-state index >= 15 is 0 Å². The predicted octanol–water partition coefficient (Wildman–Crippen LogP) is 4.65. The molecule has 0 saturated carbocycles. The van der Waals surface area contributed by atoms with Crippen LogP contribution >= 0.6 is 27.3 Å². The fraction of sp³-hybridized carbons (Fsp3) is 0.371. The highest BCUT2D eigenvalue weighted by Gasteiger charge is 2.42. The Bertz CT molecular complexity index is 1950. The van der Waals surface area contributed by atoms with Crippen LogP contribution in [-0.4, -0.2) is 81.3 Å². The zero-order chi connectivity index (χ0) is 35.0. The van der Waals surface area contributed by atoms with E-state index in [1.807, 2.05) is 30.3 Å².